The van der Waals surface area contributed by atoms with E-state index in [4.69, 9.17) is 14.0 Å². The van der Waals surface area contributed by atoms with E-state index in [2.05, 4.69) is 20.0 Å². The molecule has 3 rings (SSSR count). The number of ether oxygens (including phenoxy) is 2. The smallest absolute Gasteiger partial charge is 0.231 e. The van der Waals surface area contributed by atoms with E-state index in [9.17, 15) is 5.11 Å². The predicted molar refractivity (Wildman–Crippen MR) is 89.3 cm³/mol. The average Bonchev–Trinajstić information content (AvgIpc) is 3.26. The van der Waals surface area contributed by atoms with E-state index < -0.39 is 0 Å². The number of aliphatic hydroxyl groups excluding tert-OH is 1. The van der Waals surface area contributed by atoms with E-state index in [0.717, 1.165) is 18.8 Å². The zero-order valence-electron chi connectivity index (χ0n) is 14.6. The lowest BCUT2D eigenvalue weighted by Gasteiger charge is -2.15. The fraction of sp³-hybridized carbons (Fsp3) is 0.588. The highest BCUT2D eigenvalue weighted by molar-refractivity contribution is 5.16. The highest BCUT2D eigenvalue weighted by Crippen LogP contribution is 2.32. The Hall–Kier alpha value is -2.03. The molecule has 0 unspecified atom stereocenters. The molecule has 1 fully saturated rings. The number of pyridine rings is 1. The Balaban J connectivity index is 1.66. The minimum Gasteiger partial charge on any atom is -0.481 e. The Labute approximate surface area is 146 Å². The molecule has 0 aliphatic carbocycles. The molecule has 3 heterocycles. The van der Waals surface area contributed by atoms with Crippen LogP contribution in [0.4, 0.5) is 0 Å². The first-order valence-corrected chi connectivity index (χ1v) is 8.38. The zero-order valence-corrected chi connectivity index (χ0v) is 14.6. The summed E-state index contributed by atoms with van der Waals surface area (Å²) < 4.78 is 15.6. The van der Waals surface area contributed by atoms with Gasteiger partial charge < -0.3 is 19.1 Å². The Morgan fingerprint density at radius 2 is 2.16 bits per heavy atom. The molecular weight excluding hydrogens is 324 g/mol. The molecule has 0 aromatic carbocycles. The molecule has 2 aromatic rings. The van der Waals surface area contributed by atoms with Crippen molar-refractivity contribution in [3.63, 3.8) is 0 Å². The van der Waals surface area contributed by atoms with Gasteiger partial charge in [-0.05, 0) is 6.07 Å². The van der Waals surface area contributed by atoms with Gasteiger partial charge >= 0.3 is 0 Å². The molecule has 1 N–H and O–H groups in total. The van der Waals surface area contributed by atoms with Gasteiger partial charge in [0.15, 0.2) is 5.82 Å². The number of hydrogen-bond acceptors (Lipinski definition) is 8. The molecule has 0 radical (unpaired) electrons. The Morgan fingerprint density at radius 3 is 2.92 bits per heavy atom. The maximum atomic E-state index is 9.74. The standard InChI is InChI=1S/C17H24N4O4/c1-23-7-6-15-19-17(25-20-15)14-10-21(8-12(14)11-22)9-13-4-3-5-16(18-13)24-2/h3-5,12,14,22H,6-11H2,1-2H3/t12-,14+/m0/s1. The minimum atomic E-state index is 0.0272. The van der Waals surface area contributed by atoms with Crippen LogP contribution in [0.5, 0.6) is 5.88 Å². The van der Waals surface area contributed by atoms with Crippen LogP contribution in [0, 0.1) is 5.92 Å². The molecule has 0 amide bonds. The van der Waals surface area contributed by atoms with Crippen molar-refractivity contribution in [3.8, 4) is 5.88 Å². The first kappa shape index (κ1) is 17.8. The molecule has 25 heavy (non-hydrogen) atoms. The van der Waals surface area contributed by atoms with Crippen LogP contribution in [0.3, 0.4) is 0 Å². The molecule has 8 heteroatoms. The first-order valence-electron chi connectivity index (χ1n) is 8.38. The number of likely N-dealkylation sites (tertiary alicyclic amines) is 1. The van der Waals surface area contributed by atoms with Gasteiger partial charge in [-0.1, -0.05) is 11.2 Å². The molecule has 136 valence electrons. The number of rotatable bonds is 8. The molecule has 0 saturated carbocycles. The Kier molecular flexibility index (Phi) is 5.95. The fourth-order valence-corrected chi connectivity index (χ4v) is 3.16. The van der Waals surface area contributed by atoms with E-state index in [-0.39, 0.29) is 18.4 Å². The van der Waals surface area contributed by atoms with Crippen LogP contribution in [-0.4, -0.2) is 65.7 Å². The second-order valence-electron chi connectivity index (χ2n) is 6.21. The van der Waals surface area contributed by atoms with Crippen LogP contribution in [0.15, 0.2) is 22.7 Å². The van der Waals surface area contributed by atoms with E-state index in [1.165, 1.54) is 0 Å². The third kappa shape index (κ3) is 4.33. The van der Waals surface area contributed by atoms with Crippen molar-refractivity contribution in [1.82, 2.24) is 20.0 Å². The number of nitrogens with zero attached hydrogens (tertiary/aromatic N) is 4. The second-order valence-corrected chi connectivity index (χ2v) is 6.21. The molecule has 2 aromatic heterocycles. The summed E-state index contributed by atoms with van der Waals surface area (Å²) in [7, 11) is 3.25. The lowest BCUT2D eigenvalue weighted by molar-refractivity contribution is 0.199. The summed E-state index contributed by atoms with van der Waals surface area (Å²) in [5.41, 5.74) is 0.933. The van der Waals surface area contributed by atoms with Crippen molar-refractivity contribution in [1.29, 1.82) is 0 Å². The number of aliphatic hydroxyl groups is 1. The van der Waals surface area contributed by atoms with E-state index in [1.54, 1.807) is 14.2 Å². The fourth-order valence-electron chi connectivity index (χ4n) is 3.16. The second kappa shape index (κ2) is 8.37. The van der Waals surface area contributed by atoms with Gasteiger partial charge in [0.25, 0.3) is 0 Å². The normalized spacial score (nSPS) is 20.9. The molecule has 1 aliphatic heterocycles. The zero-order chi connectivity index (χ0) is 17.6. The largest absolute Gasteiger partial charge is 0.481 e. The van der Waals surface area contributed by atoms with Gasteiger partial charge in [-0.25, -0.2) is 4.98 Å². The maximum Gasteiger partial charge on any atom is 0.231 e. The summed E-state index contributed by atoms with van der Waals surface area (Å²) in [4.78, 5) is 11.2. The van der Waals surface area contributed by atoms with Gasteiger partial charge in [0.2, 0.25) is 11.8 Å². The molecule has 8 nitrogen and oxygen atoms in total. The molecule has 0 spiro atoms. The van der Waals surface area contributed by atoms with Crippen molar-refractivity contribution >= 4 is 0 Å². The molecular formula is C17H24N4O4. The van der Waals surface area contributed by atoms with Crippen molar-refractivity contribution in [2.24, 2.45) is 5.92 Å². The predicted octanol–water partition coefficient (Wildman–Crippen LogP) is 0.870. The summed E-state index contributed by atoms with van der Waals surface area (Å²) >= 11 is 0. The average molecular weight is 348 g/mol. The quantitative estimate of drug-likeness (QED) is 0.751. The van der Waals surface area contributed by atoms with E-state index >= 15 is 0 Å². The molecule has 1 saturated heterocycles. The van der Waals surface area contributed by atoms with Crippen molar-refractivity contribution < 1.29 is 19.1 Å². The van der Waals surface area contributed by atoms with E-state index in [1.807, 2.05) is 18.2 Å². The first-order chi connectivity index (χ1) is 12.2. The highest BCUT2D eigenvalue weighted by atomic mass is 16.5. The molecule has 1 aliphatic rings. The Bertz CT molecular complexity index is 678. The van der Waals surface area contributed by atoms with Crippen molar-refractivity contribution in [3.05, 3.63) is 35.6 Å². The lowest BCUT2D eigenvalue weighted by atomic mass is 9.97. The highest BCUT2D eigenvalue weighted by Gasteiger charge is 2.37. The van der Waals surface area contributed by atoms with Crippen LogP contribution in [0.25, 0.3) is 0 Å². The monoisotopic (exact) mass is 348 g/mol. The molecule has 2 atom stereocenters. The van der Waals surface area contributed by atoms with Gasteiger partial charge in [0, 0.05) is 51.8 Å². The van der Waals surface area contributed by atoms with Crippen LogP contribution in [-0.2, 0) is 17.7 Å². The van der Waals surface area contributed by atoms with Crippen LogP contribution >= 0.6 is 0 Å². The maximum absolute atomic E-state index is 9.74. The summed E-state index contributed by atoms with van der Waals surface area (Å²) in [6.45, 7) is 2.84. The summed E-state index contributed by atoms with van der Waals surface area (Å²) in [6, 6.07) is 5.73. The Morgan fingerprint density at radius 1 is 1.28 bits per heavy atom. The van der Waals surface area contributed by atoms with Gasteiger partial charge in [0.1, 0.15) is 0 Å². The van der Waals surface area contributed by atoms with Crippen LogP contribution < -0.4 is 4.74 Å². The van der Waals surface area contributed by atoms with Crippen LogP contribution in [0.1, 0.15) is 23.3 Å². The summed E-state index contributed by atoms with van der Waals surface area (Å²) in [5, 5.41) is 13.7. The lowest BCUT2D eigenvalue weighted by Crippen LogP contribution is -2.21. The van der Waals surface area contributed by atoms with Crippen LogP contribution in [0.2, 0.25) is 0 Å². The van der Waals surface area contributed by atoms with Gasteiger partial charge in [-0.3, -0.25) is 4.90 Å². The molecule has 0 bridgehead atoms. The number of aromatic nitrogens is 3. The third-order valence-electron chi connectivity index (χ3n) is 4.46. The third-order valence-corrected chi connectivity index (χ3v) is 4.46. The number of hydrogen-bond donors (Lipinski definition) is 1. The van der Waals surface area contributed by atoms with Crippen molar-refractivity contribution in [2.45, 2.75) is 18.9 Å². The minimum absolute atomic E-state index is 0.0272. The van der Waals surface area contributed by atoms with Crippen molar-refractivity contribution in [2.75, 3.05) is 40.5 Å². The van der Waals surface area contributed by atoms with Gasteiger partial charge in [-0.15, -0.1) is 0 Å². The van der Waals surface area contributed by atoms with E-state index in [0.29, 0.717) is 37.2 Å². The van der Waals surface area contributed by atoms with Gasteiger partial charge in [0.05, 0.1) is 25.3 Å². The summed E-state index contributed by atoms with van der Waals surface area (Å²) in [5.74, 6) is 1.93. The number of methoxy groups -OCH3 is 2. The topological polar surface area (TPSA) is 93.7 Å². The van der Waals surface area contributed by atoms with Gasteiger partial charge in [-0.2, -0.15) is 4.98 Å². The SMILES string of the molecule is COCCc1noc([C@@H]2CN(Cc3cccc(OC)n3)C[C@H]2CO)n1. The summed E-state index contributed by atoms with van der Waals surface area (Å²) in [6.07, 6.45) is 0.619.